The molecule has 1 aromatic heterocycles. The minimum absolute atomic E-state index is 0.283. The average molecular weight is 383 g/mol. The van der Waals surface area contributed by atoms with Gasteiger partial charge in [-0.15, -0.1) is 0 Å². The van der Waals surface area contributed by atoms with Crippen molar-refractivity contribution in [2.45, 2.75) is 19.3 Å². The molecule has 0 saturated carbocycles. The molecule has 0 atom stereocenters. The first-order valence-corrected chi connectivity index (χ1v) is 9.51. The van der Waals surface area contributed by atoms with Crippen LogP contribution in [-0.2, 0) is 0 Å². The number of halogens is 2. The van der Waals surface area contributed by atoms with E-state index in [1.165, 1.54) is 31.4 Å². The van der Waals surface area contributed by atoms with Crippen LogP contribution >= 0.6 is 11.6 Å². The Balaban J connectivity index is 1.54. The first kappa shape index (κ1) is 17.8. The van der Waals surface area contributed by atoms with Crippen LogP contribution in [0.4, 0.5) is 10.1 Å². The number of hydrogen-bond acceptors (Lipinski definition) is 3. The van der Waals surface area contributed by atoms with Gasteiger partial charge in [-0.3, -0.25) is 0 Å². The van der Waals surface area contributed by atoms with Gasteiger partial charge in [0.25, 0.3) is 0 Å². The van der Waals surface area contributed by atoms with Crippen molar-refractivity contribution >= 4 is 17.3 Å². The van der Waals surface area contributed by atoms with Crippen LogP contribution < -0.4 is 9.64 Å². The molecule has 0 bridgehead atoms. The van der Waals surface area contributed by atoms with Crippen molar-refractivity contribution in [3.05, 3.63) is 71.6 Å². The zero-order valence-corrected chi connectivity index (χ0v) is 15.6. The lowest BCUT2D eigenvalue weighted by Gasteiger charge is -2.29. The molecule has 0 amide bonds. The number of ether oxygens (including phenoxy) is 1. The minimum Gasteiger partial charge on any atom is -0.457 e. The second-order valence-corrected chi connectivity index (χ2v) is 7.05. The van der Waals surface area contributed by atoms with E-state index in [2.05, 4.69) is 16.0 Å². The van der Waals surface area contributed by atoms with Crippen LogP contribution in [0.25, 0.3) is 11.3 Å². The number of piperidine rings is 1. The predicted molar refractivity (Wildman–Crippen MR) is 107 cm³/mol. The molecule has 138 valence electrons. The van der Waals surface area contributed by atoms with Gasteiger partial charge in [0.2, 0.25) is 0 Å². The molecular weight excluding hydrogens is 363 g/mol. The van der Waals surface area contributed by atoms with Crippen molar-refractivity contribution in [3.63, 3.8) is 0 Å². The van der Waals surface area contributed by atoms with Crippen molar-refractivity contribution < 1.29 is 9.13 Å². The summed E-state index contributed by atoms with van der Waals surface area (Å²) in [5, 5.41) is 0.500. The summed E-state index contributed by atoms with van der Waals surface area (Å²) in [6, 6.07) is 17.6. The van der Waals surface area contributed by atoms with Gasteiger partial charge >= 0.3 is 0 Å². The molecule has 1 fully saturated rings. The maximum atomic E-state index is 13.0. The highest BCUT2D eigenvalue weighted by Gasteiger charge is 2.13. The van der Waals surface area contributed by atoms with Crippen molar-refractivity contribution in [1.82, 2.24) is 4.98 Å². The van der Waals surface area contributed by atoms with Crippen LogP contribution in [0.1, 0.15) is 19.3 Å². The molecule has 0 spiro atoms. The Labute approximate surface area is 163 Å². The molecule has 27 heavy (non-hydrogen) atoms. The third kappa shape index (κ3) is 4.40. The van der Waals surface area contributed by atoms with Gasteiger partial charge in [0.1, 0.15) is 22.5 Å². The summed E-state index contributed by atoms with van der Waals surface area (Å²) in [7, 11) is 0. The normalized spacial score (nSPS) is 14.2. The van der Waals surface area contributed by atoms with E-state index >= 15 is 0 Å². The van der Waals surface area contributed by atoms with Crippen molar-refractivity contribution in [2.75, 3.05) is 18.0 Å². The molecule has 2 aromatic carbocycles. The van der Waals surface area contributed by atoms with E-state index in [1.54, 1.807) is 12.1 Å². The van der Waals surface area contributed by atoms with Crippen LogP contribution in [0.15, 0.2) is 60.7 Å². The summed E-state index contributed by atoms with van der Waals surface area (Å²) in [6.45, 7) is 2.12. The van der Waals surface area contributed by atoms with E-state index in [0.717, 1.165) is 30.0 Å². The lowest BCUT2D eigenvalue weighted by atomic mass is 10.1. The summed E-state index contributed by atoms with van der Waals surface area (Å²) in [5.74, 6) is 0.996. The van der Waals surface area contributed by atoms with Gasteiger partial charge in [-0.1, -0.05) is 11.6 Å². The molecule has 3 nitrogen and oxygen atoms in total. The van der Waals surface area contributed by atoms with Crippen LogP contribution in [0.3, 0.4) is 0 Å². The Morgan fingerprint density at radius 2 is 1.48 bits per heavy atom. The Kier molecular flexibility index (Phi) is 5.26. The largest absolute Gasteiger partial charge is 0.457 e. The standard InChI is InChI=1S/C22H20ClFN2O/c23-22-15-18(26-12-2-1-3-13-26)14-21(25-22)16-4-8-19(9-5-16)27-20-10-6-17(24)7-11-20/h4-11,14-15H,1-3,12-13H2. The van der Waals surface area contributed by atoms with Crippen LogP contribution in [-0.4, -0.2) is 18.1 Å². The SMILES string of the molecule is Fc1ccc(Oc2ccc(-c3cc(N4CCCCC4)cc(Cl)n3)cc2)cc1. The van der Waals surface area contributed by atoms with Gasteiger partial charge in [-0.05, 0) is 79.9 Å². The molecule has 0 aliphatic carbocycles. The van der Waals surface area contributed by atoms with Crippen LogP contribution in [0, 0.1) is 5.82 Å². The van der Waals surface area contributed by atoms with E-state index in [1.807, 2.05) is 30.3 Å². The molecule has 5 heteroatoms. The second kappa shape index (κ2) is 7.97. The molecule has 1 aliphatic rings. The Morgan fingerprint density at radius 1 is 0.852 bits per heavy atom. The van der Waals surface area contributed by atoms with E-state index in [4.69, 9.17) is 16.3 Å². The zero-order chi connectivity index (χ0) is 18.6. The molecule has 0 N–H and O–H groups in total. The smallest absolute Gasteiger partial charge is 0.131 e. The van der Waals surface area contributed by atoms with Crippen molar-refractivity contribution in [1.29, 1.82) is 0 Å². The summed E-state index contributed by atoms with van der Waals surface area (Å²) in [4.78, 5) is 6.85. The van der Waals surface area contributed by atoms with E-state index in [-0.39, 0.29) is 5.82 Å². The fraction of sp³-hybridized carbons (Fsp3) is 0.227. The second-order valence-electron chi connectivity index (χ2n) is 6.66. The van der Waals surface area contributed by atoms with Gasteiger partial charge in [-0.2, -0.15) is 0 Å². The lowest BCUT2D eigenvalue weighted by molar-refractivity contribution is 0.480. The first-order chi connectivity index (χ1) is 13.2. The highest BCUT2D eigenvalue weighted by atomic mass is 35.5. The van der Waals surface area contributed by atoms with Gasteiger partial charge < -0.3 is 9.64 Å². The van der Waals surface area contributed by atoms with Crippen LogP contribution in [0.5, 0.6) is 11.5 Å². The molecule has 4 rings (SSSR count). The summed E-state index contributed by atoms with van der Waals surface area (Å²) in [6.07, 6.45) is 3.72. The predicted octanol–water partition coefficient (Wildman–Crippen LogP) is 6.32. The van der Waals surface area contributed by atoms with Gasteiger partial charge in [0.05, 0.1) is 5.69 Å². The van der Waals surface area contributed by atoms with E-state index < -0.39 is 0 Å². The maximum absolute atomic E-state index is 13.0. The number of rotatable bonds is 4. The quantitative estimate of drug-likeness (QED) is 0.493. The lowest BCUT2D eigenvalue weighted by Crippen LogP contribution is -2.29. The minimum atomic E-state index is -0.283. The van der Waals surface area contributed by atoms with E-state index in [9.17, 15) is 4.39 Å². The molecule has 0 radical (unpaired) electrons. The summed E-state index contributed by atoms with van der Waals surface area (Å²) in [5.41, 5.74) is 2.94. The fourth-order valence-electron chi connectivity index (χ4n) is 3.30. The maximum Gasteiger partial charge on any atom is 0.131 e. The average Bonchev–Trinajstić information content (AvgIpc) is 2.70. The number of nitrogens with zero attached hydrogens (tertiary/aromatic N) is 2. The molecule has 2 heterocycles. The number of aromatic nitrogens is 1. The zero-order valence-electron chi connectivity index (χ0n) is 14.9. The number of anilines is 1. The molecular formula is C22H20ClFN2O. The van der Waals surface area contributed by atoms with Crippen molar-refractivity contribution in [3.8, 4) is 22.8 Å². The Bertz CT molecular complexity index is 907. The molecule has 1 aliphatic heterocycles. The van der Waals surface area contributed by atoms with E-state index in [0.29, 0.717) is 16.7 Å². The highest BCUT2D eigenvalue weighted by molar-refractivity contribution is 6.29. The molecule has 3 aromatic rings. The highest BCUT2D eigenvalue weighted by Crippen LogP contribution is 2.30. The first-order valence-electron chi connectivity index (χ1n) is 9.14. The van der Waals surface area contributed by atoms with Gasteiger partial charge in [0.15, 0.2) is 0 Å². The van der Waals surface area contributed by atoms with Gasteiger partial charge in [-0.25, -0.2) is 9.37 Å². The monoisotopic (exact) mass is 382 g/mol. The summed E-state index contributed by atoms with van der Waals surface area (Å²) < 4.78 is 18.7. The third-order valence-corrected chi connectivity index (χ3v) is 4.89. The fourth-order valence-corrected chi connectivity index (χ4v) is 3.50. The van der Waals surface area contributed by atoms with Crippen LogP contribution in [0.2, 0.25) is 5.15 Å². The molecule has 1 saturated heterocycles. The topological polar surface area (TPSA) is 25.4 Å². The number of benzene rings is 2. The van der Waals surface area contributed by atoms with Gasteiger partial charge in [0, 0.05) is 24.3 Å². The third-order valence-electron chi connectivity index (χ3n) is 4.70. The number of pyridine rings is 1. The Morgan fingerprint density at radius 3 is 2.15 bits per heavy atom. The van der Waals surface area contributed by atoms with Crippen molar-refractivity contribution in [2.24, 2.45) is 0 Å². The molecule has 0 unspecified atom stereocenters. The Hall–Kier alpha value is -2.59. The number of hydrogen-bond donors (Lipinski definition) is 0. The summed E-state index contributed by atoms with van der Waals surface area (Å²) >= 11 is 6.28.